The Balaban J connectivity index is 1.27. The maximum atomic E-state index is 13.6. The molecule has 234 valence electrons. The third kappa shape index (κ3) is 7.22. The molecule has 3 N–H and O–H groups in total. The van der Waals surface area contributed by atoms with Gasteiger partial charge in [0, 0.05) is 64.8 Å². The van der Waals surface area contributed by atoms with Crippen LogP contribution >= 0.6 is 23.2 Å². The molecule has 2 aromatic heterocycles. The van der Waals surface area contributed by atoms with Crippen LogP contribution in [-0.4, -0.2) is 40.7 Å². The fourth-order valence-electron chi connectivity index (χ4n) is 5.33. The van der Waals surface area contributed by atoms with Gasteiger partial charge in [-0.05, 0) is 89.0 Å². The Morgan fingerprint density at radius 3 is 2.33 bits per heavy atom. The summed E-state index contributed by atoms with van der Waals surface area (Å²) in [5.41, 5.74) is 10.5. The van der Waals surface area contributed by atoms with Gasteiger partial charge in [-0.1, -0.05) is 35.3 Å². The van der Waals surface area contributed by atoms with Gasteiger partial charge < -0.3 is 20.4 Å². The zero-order valence-corrected chi connectivity index (χ0v) is 25.9. The van der Waals surface area contributed by atoms with Crippen molar-refractivity contribution < 1.29 is 22.8 Å². The molecule has 0 radical (unpaired) electrons. The summed E-state index contributed by atoms with van der Waals surface area (Å²) >= 11 is 12.7. The molecule has 2 amide bonds. The number of rotatable bonds is 7. The Hall–Kier alpha value is -4.73. The number of piperidine rings is 1. The summed E-state index contributed by atoms with van der Waals surface area (Å²) in [4.78, 5) is 31.0. The SMILES string of the molecule is Nc1ccc(/C=C/C(=O)NCc2cc3cc(-c4ccc(C(=O)N5CCC(F)(F)CC5)cc4)cc(-c4cc(Cl)cc(Cl)c4)c3o2)cn1. The number of halogens is 4. The first-order valence-corrected chi connectivity index (χ1v) is 15.3. The van der Waals surface area contributed by atoms with Gasteiger partial charge in [-0.2, -0.15) is 0 Å². The van der Waals surface area contributed by atoms with Crippen molar-refractivity contribution in [3.63, 3.8) is 0 Å². The molecule has 46 heavy (non-hydrogen) atoms. The van der Waals surface area contributed by atoms with E-state index in [4.69, 9.17) is 33.4 Å². The monoisotopic (exact) mass is 660 g/mol. The first kappa shape index (κ1) is 31.3. The fraction of sp³-hybridized carbons (Fsp3) is 0.171. The number of nitrogen functional groups attached to an aromatic ring is 1. The van der Waals surface area contributed by atoms with Crippen LogP contribution in [0.5, 0.6) is 0 Å². The highest BCUT2D eigenvalue weighted by Crippen LogP contribution is 2.38. The van der Waals surface area contributed by atoms with Gasteiger partial charge >= 0.3 is 0 Å². The standard InChI is InChI=1S/C35H28Cl2F2N4O3/c36-27-14-25(15-28(37)18-27)30-17-24(22-3-5-23(6-4-22)34(45)43-11-9-35(38,39)10-12-43)13-26-16-29(46-33(26)30)20-42-32(44)8-2-21-1-7-31(40)41-19-21/h1-8,13-19H,9-12,20H2,(H2,40,41)(H,42,44)/b8-2+. The third-order valence-electron chi connectivity index (χ3n) is 7.76. The Labute approximate surface area is 273 Å². The van der Waals surface area contributed by atoms with Crippen LogP contribution in [0.15, 0.2) is 89.5 Å². The normalized spacial score (nSPS) is 14.6. The molecule has 11 heteroatoms. The Bertz CT molecular complexity index is 1930. The van der Waals surface area contributed by atoms with Crippen LogP contribution in [0.3, 0.4) is 0 Å². The van der Waals surface area contributed by atoms with Crippen molar-refractivity contribution in [1.82, 2.24) is 15.2 Å². The summed E-state index contributed by atoms with van der Waals surface area (Å²) in [6.45, 7) is 0.188. The fourth-order valence-corrected chi connectivity index (χ4v) is 5.86. The summed E-state index contributed by atoms with van der Waals surface area (Å²) in [7, 11) is 0. The van der Waals surface area contributed by atoms with Crippen molar-refractivity contribution in [2.45, 2.75) is 25.3 Å². The summed E-state index contributed by atoms with van der Waals surface area (Å²) in [6.07, 6.45) is 3.95. The number of nitrogens with zero attached hydrogens (tertiary/aromatic N) is 2. The first-order chi connectivity index (χ1) is 22.0. The van der Waals surface area contributed by atoms with E-state index in [1.54, 1.807) is 54.7 Å². The van der Waals surface area contributed by atoms with Gasteiger partial charge in [-0.15, -0.1) is 0 Å². The Morgan fingerprint density at radius 1 is 0.935 bits per heavy atom. The van der Waals surface area contributed by atoms with Gasteiger partial charge in [0.25, 0.3) is 11.8 Å². The highest BCUT2D eigenvalue weighted by molar-refractivity contribution is 6.35. The lowest BCUT2D eigenvalue weighted by Gasteiger charge is -2.31. The van der Waals surface area contributed by atoms with Crippen molar-refractivity contribution in [2.75, 3.05) is 18.8 Å². The van der Waals surface area contributed by atoms with Crippen molar-refractivity contribution in [3.8, 4) is 22.3 Å². The molecular formula is C35H28Cl2F2N4O3. The number of likely N-dealkylation sites (tertiary alicyclic amines) is 1. The number of alkyl halides is 2. The lowest BCUT2D eigenvalue weighted by Crippen LogP contribution is -2.42. The summed E-state index contributed by atoms with van der Waals surface area (Å²) in [6, 6.07) is 21.4. The molecule has 6 rings (SSSR count). The molecule has 3 heterocycles. The number of nitrogens with one attached hydrogen (secondary N) is 1. The number of carbonyl (C=O) groups is 2. The van der Waals surface area contributed by atoms with E-state index in [1.807, 2.05) is 30.3 Å². The molecule has 1 saturated heterocycles. The molecule has 0 spiro atoms. The average molecular weight is 662 g/mol. The Morgan fingerprint density at radius 2 is 1.65 bits per heavy atom. The molecule has 0 atom stereocenters. The highest BCUT2D eigenvalue weighted by atomic mass is 35.5. The lowest BCUT2D eigenvalue weighted by molar-refractivity contribution is -0.116. The topological polar surface area (TPSA) is 101 Å². The number of hydrogen-bond donors (Lipinski definition) is 2. The van der Waals surface area contributed by atoms with E-state index in [0.717, 1.165) is 33.2 Å². The van der Waals surface area contributed by atoms with Crippen LogP contribution < -0.4 is 11.1 Å². The molecule has 1 fully saturated rings. The number of pyridine rings is 1. The van der Waals surface area contributed by atoms with Gasteiger partial charge in [0.05, 0.1) is 6.54 Å². The predicted molar refractivity (Wildman–Crippen MR) is 177 cm³/mol. The van der Waals surface area contributed by atoms with Crippen LogP contribution in [0.2, 0.25) is 10.0 Å². The molecule has 7 nitrogen and oxygen atoms in total. The van der Waals surface area contributed by atoms with Gasteiger partial charge in [0.15, 0.2) is 0 Å². The second-order valence-corrected chi connectivity index (χ2v) is 12.0. The van der Waals surface area contributed by atoms with E-state index >= 15 is 0 Å². The van der Waals surface area contributed by atoms with Crippen LogP contribution in [0.1, 0.15) is 34.5 Å². The van der Waals surface area contributed by atoms with E-state index < -0.39 is 5.92 Å². The van der Waals surface area contributed by atoms with Crippen molar-refractivity contribution in [2.24, 2.45) is 0 Å². The number of aromatic nitrogens is 1. The molecule has 0 bridgehead atoms. The number of benzene rings is 3. The van der Waals surface area contributed by atoms with Crippen molar-refractivity contribution in [3.05, 3.63) is 112 Å². The summed E-state index contributed by atoms with van der Waals surface area (Å²) in [5, 5.41) is 4.53. The molecule has 5 aromatic rings. The van der Waals surface area contributed by atoms with E-state index in [9.17, 15) is 18.4 Å². The highest BCUT2D eigenvalue weighted by Gasteiger charge is 2.35. The third-order valence-corrected chi connectivity index (χ3v) is 8.20. The number of carbonyl (C=O) groups excluding carboxylic acids is 2. The minimum absolute atomic E-state index is 0.0232. The van der Waals surface area contributed by atoms with Gasteiger partial charge in [-0.3, -0.25) is 9.59 Å². The van der Waals surface area contributed by atoms with Gasteiger partial charge in [0.2, 0.25) is 5.91 Å². The first-order valence-electron chi connectivity index (χ1n) is 14.5. The molecule has 0 aliphatic carbocycles. The van der Waals surface area contributed by atoms with E-state index in [0.29, 0.717) is 32.8 Å². The van der Waals surface area contributed by atoms with Gasteiger partial charge in [0.1, 0.15) is 17.2 Å². The smallest absolute Gasteiger partial charge is 0.253 e. The molecule has 0 saturated carbocycles. The molecule has 3 aromatic carbocycles. The maximum Gasteiger partial charge on any atom is 0.253 e. The second kappa shape index (κ2) is 12.9. The predicted octanol–water partition coefficient (Wildman–Crippen LogP) is 8.25. The van der Waals surface area contributed by atoms with E-state index in [-0.39, 0.29) is 44.3 Å². The molecule has 1 aliphatic heterocycles. The molecular weight excluding hydrogens is 633 g/mol. The number of fused-ring (bicyclic) bond motifs is 1. The van der Waals surface area contributed by atoms with Crippen LogP contribution in [0.4, 0.5) is 14.6 Å². The van der Waals surface area contributed by atoms with Crippen molar-refractivity contribution in [1.29, 1.82) is 0 Å². The molecule has 1 aliphatic rings. The minimum Gasteiger partial charge on any atom is -0.459 e. The van der Waals surface area contributed by atoms with Crippen LogP contribution in [0, 0.1) is 0 Å². The number of nitrogens with two attached hydrogens (primary N) is 1. The minimum atomic E-state index is -2.73. The van der Waals surface area contributed by atoms with E-state index in [1.165, 1.54) is 11.0 Å². The summed E-state index contributed by atoms with van der Waals surface area (Å²) < 4.78 is 33.4. The lowest BCUT2D eigenvalue weighted by atomic mass is 9.96. The van der Waals surface area contributed by atoms with Gasteiger partial charge in [-0.25, -0.2) is 13.8 Å². The summed E-state index contributed by atoms with van der Waals surface area (Å²) in [5.74, 6) is -2.38. The average Bonchev–Trinajstić information content (AvgIpc) is 3.45. The van der Waals surface area contributed by atoms with Crippen molar-refractivity contribution >= 4 is 57.9 Å². The number of hydrogen-bond acceptors (Lipinski definition) is 5. The second-order valence-electron chi connectivity index (χ2n) is 11.1. The number of amides is 2. The van der Waals surface area contributed by atoms with E-state index in [2.05, 4.69) is 10.3 Å². The largest absolute Gasteiger partial charge is 0.459 e. The zero-order chi connectivity index (χ0) is 32.4. The molecule has 0 unspecified atom stereocenters. The number of anilines is 1. The Kier molecular flexibility index (Phi) is 8.80. The van der Waals surface area contributed by atoms with Crippen LogP contribution in [0.25, 0.3) is 39.3 Å². The van der Waals surface area contributed by atoms with Crippen LogP contribution in [-0.2, 0) is 11.3 Å². The number of furan rings is 1. The quantitative estimate of drug-likeness (QED) is 0.171. The zero-order valence-electron chi connectivity index (χ0n) is 24.4. The maximum absolute atomic E-state index is 13.6.